The lowest BCUT2D eigenvalue weighted by Crippen LogP contribution is -2.41. The third-order valence-electron chi connectivity index (χ3n) is 3.29. The Bertz CT molecular complexity index is 573. The molecule has 1 aliphatic heterocycles. The van der Waals surface area contributed by atoms with Crippen molar-refractivity contribution in [2.75, 3.05) is 6.54 Å². The van der Waals surface area contributed by atoms with Gasteiger partial charge >= 0.3 is 12.1 Å². The summed E-state index contributed by atoms with van der Waals surface area (Å²) in [5.41, 5.74) is -1.74. The van der Waals surface area contributed by atoms with Crippen molar-refractivity contribution in [2.45, 2.75) is 24.7 Å². The van der Waals surface area contributed by atoms with E-state index >= 15 is 0 Å². The van der Waals surface area contributed by atoms with Gasteiger partial charge in [-0.25, -0.2) is 4.79 Å². The van der Waals surface area contributed by atoms with E-state index in [9.17, 15) is 27.9 Å². The van der Waals surface area contributed by atoms with Gasteiger partial charge in [-0.05, 0) is 12.1 Å². The van der Waals surface area contributed by atoms with Crippen molar-refractivity contribution in [1.29, 1.82) is 0 Å². The number of likely N-dealkylation sites (tertiary alicyclic amines) is 1. The number of carbonyl (C=O) groups is 2. The summed E-state index contributed by atoms with van der Waals surface area (Å²) in [6.07, 6.45) is -5.98. The van der Waals surface area contributed by atoms with Crippen LogP contribution in [-0.4, -0.2) is 45.7 Å². The minimum Gasteiger partial charge on any atom is -0.480 e. The van der Waals surface area contributed by atoms with Gasteiger partial charge in [0, 0.05) is 13.0 Å². The molecular weight excluding hydrogens is 291 g/mol. The van der Waals surface area contributed by atoms with Crippen LogP contribution in [0.1, 0.15) is 22.3 Å². The average molecular weight is 303 g/mol. The first-order valence-electron chi connectivity index (χ1n) is 6.10. The van der Waals surface area contributed by atoms with E-state index in [-0.39, 0.29) is 13.0 Å². The summed E-state index contributed by atoms with van der Waals surface area (Å²) in [7, 11) is 0. The molecular formula is C13H12F3NO4. The lowest BCUT2D eigenvalue weighted by Gasteiger charge is -2.23. The number of alkyl halides is 3. The van der Waals surface area contributed by atoms with E-state index in [0.717, 1.165) is 23.1 Å². The monoisotopic (exact) mass is 303 g/mol. The summed E-state index contributed by atoms with van der Waals surface area (Å²) < 4.78 is 38.7. The van der Waals surface area contributed by atoms with Gasteiger partial charge in [0.25, 0.3) is 5.91 Å². The summed E-state index contributed by atoms with van der Waals surface area (Å²) in [4.78, 5) is 24.0. The molecule has 1 amide bonds. The number of aliphatic hydroxyl groups is 1. The number of benzene rings is 1. The van der Waals surface area contributed by atoms with Gasteiger partial charge in [-0.15, -0.1) is 0 Å². The van der Waals surface area contributed by atoms with Gasteiger partial charge in [-0.3, -0.25) is 4.79 Å². The first-order valence-corrected chi connectivity index (χ1v) is 6.10. The molecule has 0 aliphatic carbocycles. The Hall–Kier alpha value is -2.09. The van der Waals surface area contributed by atoms with E-state index in [1.54, 1.807) is 0 Å². The van der Waals surface area contributed by atoms with Crippen molar-refractivity contribution >= 4 is 11.9 Å². The van der Waals surface area contributed by atoms with Crippen LogP contribution in [-0.2, 0) is 11.0 Å². The molecule has 2 atom stereocenters. The molecule has 2 N–H and O–H groups in total. The number of nitrogens with zero attached hydrogens (tertiary/aromatic N) is 1. The van der Waals surface area contributed by atoms with Crippen molar-refractivity contribution < 1.29 is 33.0 Å². The Labute approximate surface area is 117 Å². The highest BCUT2D eigenvalue weighted by molar-refractivity contribution is 5.98. The van der Waals surface area contributed by atoms with E-state index in [1.165, 1.54) is 6.07 Å². The Morgan fingerprint density at radius 3 is 2.43 bits per heavy atom. The van der Waals surface area contributed by atoms with E-state index in [2.05, 4.69) is 0 Å². The number of rotatable bonds is 2. The first-order chi connectivity index (χ1) is 9.71. The van der Waals surface area contributed by atoms with Crippen LogP contribution in [0.25, 0.3) is 0 Å². The largest absolute Gasteiger partial charge is 0.480 e. The number of aliphatic carboxylic acids is 1. The summed E-state index contributed by atoms with van der Waals surface area (Å²) in [5.74, 6) is -2.41. The molecule has 1 aromatic rings. The van der Waals surface area contributed by atoms with Crippen molar-refractivity contribution in [2.24, 2.45) is 0 Å². The summed E-state index contributed by atoms with van der Waals surface area (Å²) in [5, 5.41) is 18.5. The third-order valence-corrected chi connectivity index (χ3v) is 3.29. The number of β-amino-alcohol motifs (C(OH)–C–C–N with tert-alkyl or cyclic N) is 1. The number of carboxylic acids is 1. The topological polar surface area (TPSA) is 77.8 Å². The van der Waals surface area contributed by atoms with E-state index in [0.29, 0.717) is 0 Å². The molecule has 0 spiro atoms. The molecule has 114 valence electrons. The molecule has 0 unspecified atom stereocenters. The van der Waals surface area contributed by atoms with Crippen LogP contribution in [0.15, 0.2) is 24.3 Å². The van der Waals surface area contributed by atoms with E-state index in [1.807, 2.05) is 0 Å². The highest BCUT2D eigenvalue weighted by Crippen LogP contribution is 2.33. The second kappa shape index (κ2) is 5.36. The second-order valence-electron chi connectivity index (χ2n) is 4.74. The number of carboxylic acid groups (broad SMARTS) is 1. The predicted octanol–water partition coefficient (Wildman–Crippen LogP) is 1.37. The van der Waals surface area contributed by atoms with Crippen LogP contribution in [0.4, 0.5) is 13.2 Å². The molecule has 0 bridgehead atoms. The lowest BCUT2D eigenvalue weighted by molar-refractivity contribution is -0.141. The molecule has 0 aromatic heterocycles. The third kappa shape index (κ3) is 2.99. The van der Waals surface area contributed by atoms with Gasteiger partial charge in [-0.2, -0.15) is 13.2 Å². The maximum absolute atomic E-state index is 12.9. The smallest absolute Gasteiger partial charge is 0.417 e. The highest BCUT2D eigenvalue weighted by Gasteiger charge is 2.42. The van der Waals surface area contributed by atoms with Gasteiger partial charge in [-0.1, -0.05) is 12.1 Å². The van der Waals surface area contributed by atoms with Crippen LogP contribution in [0, 0.1) is 0 Å². The molecule has 0 radical (unpaired) electrons. The summed E-state index contributed by atoms with van der Waals surface area (Å²) in [6, 6.07) is 2.84. The molecule has 2 rings (SSSR count). The maximum atomic E-state index is 12.9. The quantitative estimate of drug-likeness (QED) is 0.865. The van der Waals surface area contributed by atoms with Gasteiger partial charge in [0.2, 0.25) is 0 Å². The zero-order chi connectivity index (χ0) is 15.8. The Balaban J connectivity index is 2.39. The normalized spacial score (nSPS) is 22.4. The Morgan fingerprint density at radius 1 is 1.24 bits per heavy atom. The summed E-state index contributed by atoms with van der Waals surface area (Å²) >= 11 is 0. The van der Waals surface area contributed by atoms with E-state index in [4.69, 9.17) is 5.11 Å². The zero-order valence-corrected chi connectivity index (χ0v) is 10.7. The molecule has 1 saturated heterocycles. The summed E-state index contributed by atoms with van der Waals surface area (Å²) in [6.45, 7) is -0.304. The standard InChI is InChI=1S/C13H12F3NO4/c14-13(15,16)9-4-2-1-3-8(9)11(19)17-6-7(18)5-10(17)12(20)21/h1-4,7,10,18H,5-6H2,(H,20,21)/t7-,10-/m0/s1. The number of aliphatic hydroxyl groups excluding tert-OH is 1. The number of hydrogen-bond donors (Lipinski definition) is 2. The van der Waals surface area contributed by atoms with Crippen LogP contribution < -0.4 is 0 Å². The molecule has 1 fully saturated rings. The Kier molecular flexibility index (Phi) is 3.91. The van der Waals surface area contributed by atoms with Crippen LogP contribution in [0.2, 0.25) is 0 Å². The molecule has 8 heteroatoms. The van der Waals surface area contributed by atoms with Crippen LogP contribution in [0.3, 0.4) is 0 Å². The Morgan fingerprint density at radius 2 is 1.86 bits per heavy atom. The number of halogens is 3. The molecule has 0 saturated carbocycles. The van der Waals surface area contributed by atoms with E-state index < -0.39 is 41.3 Å². The van der Waals surface area contributed by atoms with Crippen molar-refractivity contribution in [3.8, 4) is 0 Å². The van der Waals surface area contributed by atoms with Crippen LogP contribution >= 0.6 is 0 Å². The molecule has 1 aromatic carbocycles. The minimum atomic E-state index is -4.72. The van der Waals surface area contributed by atoms with Gasteiger partial charge in [0.05, 0.1) is 17.2 Å². The molecule has 1 aliphatic rings. The fourth-order valence-corrected chi connectivity index (χ4v) is 2.34. The first kappa shape index (κ1) is 15.3. The number of hydrogen-bond acceptors (Lipinski definition) is 3. The SMILES string of the molecule is O=C(O)[C@@H]1C[C@H](O)CN1C(=O)c1ccccc1C(F)(F)F. The van der Waals surface area contributed by atoms with Crippen LogP contribution in [0.5, 0.6) is 0 Å². The van der Waals surface area contributed by atoms with Crippen molar-refractivity contribution in [1.82, 2.24) is 4.90 Å². The van der Waals surface area contributed by atoms with Gasteiger partial charge < -0.3 is 15.1 Å². The zero-order valence-electron chi connectivity index (χ0n) is 10.7. The van der Waals surface area contributed by atoms with Crippen molar-refractivity contribution in [3.05, 3.63) is 35.4 Å². The number of amides is 1. The second-order valence-corrected chi connectivity index (χ2v) is 4.74. The van der Waals surface area contributed by atoms with Gasteiger partial charge in [0.15, 0.2) is 0 Å². The lowest BCUT2D eigenvalue weighted by atomic mass is 10.1. The van der Waals surface area contributed by atoms with Crippen molar-refractivity contribution in [3.63, 3.8) is 0 Å². The molecule has 21 heavy (non-hydrogen) atoms. The fourth-order valence-electron chi connectivity index (χ4n) is 2.34. The van der Waals surface area contributed by atoms with Gasteiger partial charge in [0.1, 0.15) is 6.04 Å². The fraction of sp³-hybridized carbons (Fsp3) is 0.385. The molecule has 5 nitrogen and oxygen atoms in total. The average Bonchev–Trinajstić information content (AvgIpc) is 2.79. The predicted molar refractivity (Wildman–Crippen MR) is 64.5 cm³/mol. The minimum absolute atomic E-state index is 0.199. The maximum Gasteiger partial charge on any atom is 0.417 e. The number of carbonyl (C=O) groups excluding carboxylic acids is 1. The highest BCUT2D eigenvalue weighted by atomic mass is 19.4. The molecule has 1 heterocycles.